The van der Waals surface area contributed by atoms with Crippen molar-refractivity contribution in [3.8, 4) is 0 Å². The zero-order chi connectivity index (χ0) is 21.2. The average Bonchev–Trinajstić information content (AvgIpc) is 3.10. The fraction of sp³-hybridized carbons (Fsp3) is 0.300. The number of fused-ring (bicyclic) bond motifs is 1. The molecule has 0 unspecified atom stereocenters. The van der Waals surface area contributed by atoms with Gasteiger partial charge in [0.15, 0.2) is 6.10 Å². The van der Waals surface area contributed by atoms with Crippen molar-refractivity contribution in [1.82, 2.24) is 5.32 Å². The van der Waals surface area contributed by atoms with Crippen molar-refractivity contribution >= 4 is 27.6 Å². The second kappa shape index (κ2) is 8.20. The zero-order valence-corrected chi connectivity index (χ0v) is 16.8. The molecule has 1 amide bonds. The number of rotatable bonds is 6. The number of esters is 1. The monoisotopic (exact) mass is 420 g/mol. The molecule has 7 nitrogen and oxygen atoms in total. The van der Waals surface area contributed by atoms with Crippen molar-refractivity contribution in [2.24, 2.45) is 0 Å². The third-order valence-corrected chi connectivity index (χ3v) is 5.78. The Hall–Kier alpha value is -2.94. The molecular weight excluding hydrogens is 399 g/mol. The van der Waals surface area contributed by atoms with Gasteiger partial charge in [-0.3, -0.25) is 9.10 Å². The van der Waals surface area contributed by atoms with Crippen LogP contribution >= 0.6 is 0 Å². The van der Waals surface area contributed by atoms with Crippen LogP contribution in [0.5, 0.6) is 0 Å². The second-order valence-electron chi connectivity index (χ2n) is 6.82. The van der Waals surface area contributed by atoms with Crippen molar-refractivity contribution < 1.29 is 27.1 Å². The van der Waals surface area contributed by atoms with E-state index in [1.807, 2.05) is 0 Å². The Morgan fingerprint density at radius 2 is 1.90 bits per heavy atom. The standard InChI is InChI=1S/C20H21FN2O5S/c1-13(19(24)22-12-14-3-6-17(21)7-4-14)28-20(25)16-5-8-18-15(11-16)9-10-23(18)29(2,26)27/h3-8,11,13H,9-10,12H2,1-2H3,(H,22,24)/t13-/m0/s1. The Morgan fingerprint density at radius 1 is 1.21 bits per heavy atom. The van der Waals surface area contributed by atoms with Crippen LogP contribution in [0, 0.1) is 5.82 Å². The molecule has 1 N–H and O–H groups in total. The lowest BCUT2D eigenvalue weighted by Crippen LogP contribution is -2.35. The first kappa shape index (κ1) is 20.8. The highest BCUT2D eigenvalue weighted by molar-refractivity contribution is 7.92. The van der Waals surface area contributed by atoms with Crippen molar-refractivity contribution in [3.63, 3.8) is 0 Å². The minimum Gasteiger partial charge on any atom is -0.449 e. The van der Waals surface area contributed by atoms with Gasteiger partial charge in [0.1, 0.15) is 5.82 Å². The van der Waals surface area contributed by atoms with Gasteiger partial charge in [0, 0.05) is 13.1 Å². The molecule has 2 aromatic rings. The van der Waals surface area contributed by atoms with E-state index in [9.17, 15) is 22.4 Å². The van der Waals surface area contributed by atoms with Gasteiger partial charge in [-0.25, -0.2) is 17.6 Å². The van der Waals surface area contributed by atoms with Gasteiger partial charge in [0.25, 0.3) is 5.91 Å². The maximum atomic E-state index is 12.9. The third-order valence-electron chi connectivity index (χ3n) is 4.60. The van der Waals surface area contributed by atoms with E-state index in [2.05, 4.69) is 5.32 Å². The molecule has 0 spiro atoms. The molecule has 154 valence electrons. The van der Waals surface area contributed by atoms with Crippen LogP contribution in [0.25, 0.3) is 0 Å². The number of amides is 1. The summed E-state index contributed by atoms with van der Waals surface area (Å²) in [4.78, 5) is 24.5. The molecule has 3 rings (SSSR count). The number of nitrogens with one attached hydrogen (secondary N) is 1. The molecule has 1 atom stereocenters. The first-order chi connectivity index (χ1) is 13.6. The minimum absolute atomic E-state index is 0.182. The van der Waals surface area contributed by atoms with Crippen LogP contribution in [0.15, 0.2) is 42.5 Å². The van der Waals surface area contributed by atoms with Gasteiger partial charge >= 0.3 is 5.97 Å². The number of hydrogen-bond donors (Lipinski definition) is 1. The van der Waals surface area contributed by atoms with E-state index in [1.165, 1.54) is 29.4 Å². The summed E-state index contributed by atoms with van der Waals surface area (Å²) in [6.45, 7) is 1.96. The summed E-state index contributed by atoms with van der Waals surface area (Å²) in [5.41, 5.74) is 2.25. The van der Waals surface area contributed by atoms with Gasteiger partial charge in [-0.15, -0.1) is 0 Å². The number of carbonyl (C=O) groups is 2. The highest BCUT2D eigenvalue weighted by atomic mass is 32.2. The Bertz CT molecular complexity index is 1040. The number of hydrogen-bond acceptors (Lipinski definition) is 5. The summed E-state index contributed by atoms with van der Waals surface area (Å²) in [6.07, 6.45) is 0.608. The summed E-state index contributed by atoms with van der Waals surface area (Å²) in [6, 6.07) is 10.3. The Labute approximate surface area is 168 Å². The molecule has 0 saturated heterocycles. The first-order valence-corrected chi connectivity index (χ1v) is 10.8. The summed E-state index contributed by atoms with van der Waals surface area (Å²) in [5.74, 6) is -1.52. The summed E-state index contributed by atoms with van der Waals surface area (Å²) >= 11 is 0. The second-order valence-corrected chi connectivity index (χ2v) is 8.73. The number of halogens is 1. The molecule has 29 heavy (non-hydrogen) atoms. The number of benzene rings is 2. The average molecular weight is 420 g/mol. The Kier molecular flexibility index (Phi) is 5.88. The number of nitrogens with zero attached hydrogens (tertiary/aromatic N) is 1. The summed E-state index contributed by atoms with van der Waals surface area (Å²) < 4.78 is 43.0. The number of sulfonamides is 1. The van der Waals surface area contributed by atoms with E-state index < -0.39 is 28.0 Å². The van der Waals surface area contributed by atoms with E-state index >= 15 is 0 Å². The number of carbonyl (C=O) groups excluding carboxylic acids is 2. The maximum Gasteiger partial charge on any atom is 0.338 e. The molecule has 9 heteroatoms. The van der Waals surface area contributed by atoms with E-state index in [-0.39, 0.29) is 17.9 Å². The van der Waals surface area contributed by atoms with Crippen molar-refractivity contribution in [2.75, 3.05) is 17.1 Å². The van der Waals surface area contributed by atoms with Gasteiger partial charge in [0.2, 0.25) is 10.0 Å². The quantitative estimate of drug-likeness (QED) is 0.722. The van der Waals surface area contributed by atoms with Crippen LogP contribution in [-0.4, -0.2) is 39.2 Å². The van der Waals surface area contributed by atoms with Crippen LogP contribution < -0.4 is 9.62 Å². The normalized spacial score (nSPS) is 14.2. The number of ether oxygens (including phenoxy) is 1. The molecule has 1 aliphatic rings. The lowest BCUT2D eigenvalue weighted by Gasteiger charge is -2.17. The fourth-order valence-electron chi connectivity index (χ4n) is 3.06. The Morgan fingerprint density at radius 3 is 2.55 bits per heavy atom. The molecule has 0 saturated carbocycles. The maximum absolute atomic E-state index is 12.9. The van der Waals surface area contributed by atoms with Gasteiger partial charge in [-0.1, -0.05) is 12.1 Å². The first-order valence-electron chi connectivity index (χ1n) is 8.99. The molecule has 0 fully saturated rings. The molecule has 0 aromatic heterocycles. The van der Waals surface area contributed by atoms with E-state index in [0.29, 0.717) is 24.2 Å². The molecule has 1 heterocycles. The zero-order valence-electron chi connectivity index (χ0n) is 16.0. The van der Waals surface area contributed by atoms with Crippen molar-refractivity contribution in [1.29, 1.82) is 0 Å². The van der Waals surface area contributed by atoms with E-state index in [1.54, 1.807) is 24.3 Å². The molecule has 1 aliphatic heterocycles. The lowest BCUT2D eigenvalue weighted by molar-refractivity contribution is -0.129. The van der Waals surface area contributed by atoms with E-state index in [0.717, 1.165) is 11.8 Å². The lowest BCUT2D eigenvalue weighted by atomic mass is 10.1. The summed E-state index contributed by atoms with van der Waals surface area (Å²) in [5, 5.41) is 2.63. The van der Waals surface area contributed by atoms with Gasteiger partial charge in [-0.05, 0) is 54.8 Å². The van der Waals surface area contributed by atoms with Gasteiger partial charge < -0.3 is 10.1 Å². The predicted octanol–water partition coefficient (Wildman–Crippen LogP) is 2.01. The van der Waals surface area contributed by atoms with Crippen molar-refractivity contribution in [2.45, 2.75) is 26.0 Å². The predicted molar refractivity (Wildman–Crippen MR) is 105 cm³/mol. The largest absolute Gasteiger partial charge is 0.449 e. The summed E-state index contributed by atoms with van der Waals surface area (Å²) in [7, 11) is -3.37. The fourth-order valence-corrected chi connectivity index (χ4v) is 4.02. The van der Waals surface area contributed by atoms with Crippen molar-refractivity contribution in [3.05, 3.63) is 65.0 Å². The highest BCUT2D eigenvalue weighted by Crippen LogP contribution is 2.30. The minimum atomic E-state index is -3.37. The molecule has 0 radical (unpaired) electrons. The van der Waals surface area contributed by atoms with Gasteiger partial charge in [-0.2, -0.15) is 0 Å². The van der Waals surface area contributed by atoms with Crippen LogP contribution in [0.4, 0.5) is 10.1 Å². The third kappa shape index (κ3) is 4.92. The molecule has 0 bridgehead atoms. The SMILES string of the molecule is C[C@H](OC(=O)c1ccc2c(c1)CCN2S(C)(=O)=O)C(=O)NCc1ccc(F)cc1. The molecule has 0 aliphatic carbocycles. The van der Waals surface area contributed by atoms with Crippen LogP contribution in [0.1, 0.15) is 28.4 Å². The van der Waals surface area contributed by atoms with Crippen LogP contribution in [-0.2, 0) is 32.5 Å². The Balaban J connectivity index is 1.59. The molecule has 2 aromatic carbocycles. The topological polar surface area (TPSA) is 92.8 Å². The smallest absolute Gasteiger partial charge is 0.338 e. The molecular formula is C20H21FN2O5S. The van der Waals surface area contributed by atoms with E-state index in [4.69, 9.17) is 4.74 Å². The van der Waals surface area contributed by atoms with Crippen LogP contribution in [0.2, 0.25) is 0 Å². The highest BCUT2D eigenvalue weighted by Gasteiger charge is 2.27. The number of anilines is 1. The van der Waals surface area contributed by atoms with Gasteiger partial charge in [0.05, 0.1) is 17.5 Å². The van der Waals surface area contributed by atoms with Crippen LogP contribution in [0.3, 0.4) is 0 Å².